The van der Waals surface area contributed by atoms with Gasteiger partial charge in [-0.25, -0.2) is 9.78 Å². The number of benzene rings is 1. The SMILES string of the molecule is CC(C)(CCC(=O)OC(C)(C)C)CC(C)(C)Oc1ccc(SNc2ccc(C(=O)O)cn2)cc1. The summed E-state index contributed by atoms with van der Waals surface area (Å²) in [4.78, 5) is 28.1. The Kier molecular flexibility index (Phi) is 9.00. The molecule has 0 aliphatic carbocycles. The van der Waals surface area contributed by atoms with Crippen molar-refractivity contribution in [1.82, 2.24) is 4.98 Å². The summed E-state index contributed by atoms with van der Waals surface area (Å²) in [7, 11) is 0. The second-order valence-corrected chi connectivity index (χ2v) is 11.6. The highest BCUT2D eigenvalue weighted by Gasteiger charge is 2.31. The maximum Gasteiger partial charge on any atom is 0.337 e. The van der Waals surface area contributed by atoms with Crippen LogP contribution in [0.5, 0.6) is 5.75 Å². The molecule has 0 radical (unpaired) electrons. The summed E-state index contributed by atoms with van der Waals surface area (Å²) in [6.07, 6.45) is 3.20. The van der Waals surface area contributed by atoms with E-state index in [0.717, 1.165) is 23.5 Å². The van der Waals surface area contributed by atoms with Gasteiger partial charge in [-0.3, -0.25) is 4.79 Å². The lowest BCUT2D eigenvalue weighted by atomic mass is 9.78. The van der Waals surface area contributed by atoms with Gasteiger partial charge in [0.05, 0.1) is 5.56 Å². The molecule has 1 heterocycles. The quantitative estimate of drug-likeness (QED) is 0.270. The molecule has 2 N–H and O–H groups in total. The van der Waals surface area contributed by atoms with Gasteiger partial charge in [0.1, 0.15) is 22.8 Å². The van der Waals surface area contributed by atoms with Crippen LogP contribution in [0.15, 0.2) is 47.5 Å². The molecule has 1 aromatic heterocycles. The number of esters is 1. The number of carboxylic acids is 1. The van der Waals surface area contributed by atoms with Crippen LogP contribution >= 0.6 is 11.9 Å². The van der Waals surface area contributed by atoms with E-state index in [9.17, 15) is 9.59 Å². The molecule has 0 saturated carbocycles. The van der Waals surface area contributed by atoms with Crippen LogP contribution in [-0.2, 0) is 9.53 Å². The van der Waals surface area contributed by atoms with E-state index in [4.69, 9.17) is 14.6 Å². The number of rotatable bonds is 11. The molecule has 0 saturated heterocycles. The lowest BCUT2D eigenvalue weighted by Gasteiger charge is -2.35. The van der Waals surface area contributed by atoms with Gasteiger partial charge in [-0.05, 0) is 101 Å². The predicted molar refractivity (Wildman–Crippen MR) is 135 cm³/mol. The summed E-state index contributed by atoms with van der Waals surface area (Å²) in [5, 5.41) is 8.94. The number of aromatic carboxylic acids is 1. The third-order valence-electron chi connectivity index (χ3n) is 4.83. The van der Waals surface area contributed by atoms with Crippen LogP contribution in [0.1, 0.15) is 78.1 Å². The summed E-state index contributed by atoms with van der Waals surface area (Å²) in [5.41, 5.74) is -0.832. The van der Waals surface area contributed by atoms with Crippen molar-refractivity contribution in [2.24, 2.45) is 5.41 Å². The highest BCUT2D eigenvalue weighted by atomic mass is 32.2. The van der Waals surface area contributed by atoms with Crippen LogP contribution < -0.4 is 9.46 Å². The van der Waals surface area contributed by atoms with Gasteiger partial charge in [-0.15, -0.1) is 0 Å². The molecule has 0 atom stereocenters. The van der Waals surface area contributed by atoms with E-state index in [1.807, 2.05) is 45.0 Å². The van der Waals surface area contributed by atoms with Gasteiger partial charge in [-0.2, -0.15) is 0 Å². The molecule has 2 aromatic rings. The molecule has 2 rings (SSSR count). The highest BCUT2D eigenvalue weighted by Crippen LogP contribution is 2.35. The second-order valence-electron chi connectivity index (χ2n) is 10.7. The molecule has 0 unspecified atom stereocenters. The number of pyridine rings is 1. The fourth-order valence-corrected chi connectivity index (χ4v) is 4.31. The van der Waals surface area contributed by atoms with E-state index >= 15 is 0 Å². The fourth-order valence-electron chi connectivity index (χ4n) is 3.70. The van der Waals surface area contributed by atoms with E-state index < -0.39 is 17.2 Å². The first-order valence-electron chi connectivity index (χ1n) is 11.3. The summed E-state index contributed by atoms with van der Waals surface area (Å²) in [5.74, 6) is 0.164. The molecule has 1 aromatic carbocycles. The van der Waals surface area contributed by atoms with E-state index in [2.05, 4.69) is 37.4 Å². The molecule has 0 fully saturated rings. The maximum atomic E-state index is 12.1. The predicted octanol–water partition coefficient (Wildman–Crippen LogP) is 6.59. The number of aromatic nitrogens is 1. The Morgan fingerprint density at radius 3 is 2.18 bits per heavy atom. The van der Waals surface area contributed by atoms with Crippen molar-refractivity contribution >= 4 is 29.7 Å². The number of carbonyl (C=O) groups is 2. The van der Waals surface area contributed by atoms with Crippen LogP contribution in [0.25, 0.3) is 0 Å². The summed E-state index contributed by atoms with van der Waals surface area (Å²) >= 11 is 1.38. The summed E-state index contributed by atoms with van der Waals surface area (Å²) in [6, 6.07) is 10.9. The first-order chi connectivity index (χ1) is 15.6. The number of carboxylic acid groups (broad SMARTS) is 1. The van der Waals surface area contributed by atoms with Crippen molar-refractivity contribution in [1.29, 1.82) is 0 Å². The van der Waals surface area contributed by atoms with E-state index in [-0.39, 0.29) is 16.9 Å². The number of hydrogen-bond acceptors (Lipinski definition) is 7. The van der Waals surface area contributed by atoms with Crippen molar-refractivity contribution in [2.45, 2.75) is 83.8 Å². The molecule has 7 nitrogen and oxygen atoms in total. The lowest BCUT2D eigenvalue weighted by molar-refractivity contribution is -0.155. The van der Waals surface area contributed by atoms with Crippen LogP contribution in [0.3, 0.4) is 0 Å². The molecule has 0 aliphatic rings. The number of hydrogen-bond donors (Lipinski definition) is 2. The van der Waals surface area contributed by atoms with Gasteiger partial charge in [0.15, 0.2) is 0 Å². The average Bonchev–Trinajstić information content (AvgIpc) is 2.70. The fraction of sp³-hybridized carbons (Fsp3) is 0.500. The zero-order valence-electron chi connectivity index (χ0n) is 21.1. The topological polar surface area (TPSA) is 97.8 Å². The van der Waals surface area contributed by atoms with Gasteiger partial charge in [-0.1, -0.05) is 13.8 Å². The van der Waals surface area contributed by atoms with Crippen LogP contribution in [0.4, 0.5) is 5.82 Å². The molecule has 0 aliphatic heterocycles. The number of carbonyl (C=O) groups excluding carboxylic acids is 1. The molecule has 0 bridgehead atoms. The Hall–Kier alpha value is -2.74. The van der Waals surface area contributed by atoms with Gasteiger partial charge >= 0.3 is 11.9 Å². The summed E-state index contributed by atoms with van der Waals surface area (Å²) in [6.45, 7) is 14.0. The Morgan fingerprint density at radius 2 is 1.65 bits per heavy atom. The molecule has 186 valence electrons. The first kappa shape index (κ1) is 27.5. The third-order valence-corrected chi connectivity index (χ3v) is 5.65. The van der Waals surface area contributed by atoms with E-state index in [0.29, 0.717) is 12.2 Å². The number of ether oxygens (including phenoxy) is 2. The van der Waals surface area contributed by atoms with Gasteiger partial charge < -0.3 is 19.3 Å². The van der Waals surface area contributed by atoms with Crippen molar-refractivity contribution in [3.8, 4) is 5.75 Å². The first-order valence-corrected chi connectivity index (χ1v) is 12.1. The summed E-state index contributed by atoms with van der Waals surface area (Å²) < 4.78 is 14.8. The number of nitrogens with zero attached hydrogens (tertiary/aromatic N) is 1. The van der Waals surface area contributed by atoms with Crippen molar-refractivity contribution in [3.05, 3.63) is 48.2 Å². The van der Waals surface area contributed by atoms with E-state index in [1.165, 1.54) is 24.2 Å². The smallest absolute Gasteiger partial charge is 0.337 e. The van der Waals surface area contributed by atoms with Crippen molar-refractivity contribution in [3.63, 3.8) is 0 Å². The van der Waals surface area contributed by atoms with Crippen LogP contribution in [0, 0.1) is 5.41 Å². The molecule has 8 heteroatoms. The molecule has 34 heavy (non-hydrogen) atoms. The van der Waals surface area contributed by atoms with Crippen LogP contribution in [0.2, 0.25) is 0 Å². The van der Waals surface area contributed by atoms with Gasteiger partial charge in [0.2, 0.25) is 0 Å². The number of anilines is 1. The van der Waals surface area contributed by atoms with Crippen LogP contribution in [-0.4, -0.2) is 33.2 Å². The zero-order chi connectivity index (χ0) is 25.6. The van der Waals surface area contributed by atoms with E-state index in [1.54, 1.807) is 6.07 Å². The molecule has 0 spiro atoms. The zero-order valence-corrected chi connectivity index (χ0v) is 21.9. The van der Waals surface area contributed by atoms with Gasteiger partial charge in [0, 0.05) is 17.5 Å². The Labute approximate surface area is 206 Å². The Balaban J connectivity index is 1.86. The minimum absolute atomic E-state index is 0.0939. The minimum atomic E-state index is -1.00. The minimum Gasteiger partial charge on any atom is -0.488 e. The standard InChI is InChI=1S/C26H36N2O5S/c1-24(2,3)33-22(29)14-15-25(4,5)17-26(6,7)32-19-9-11-20(12-10-19)34-28-21-13-8-18(16-27-21)23(30)31/h8-13,16H,14-15,17H2,1-7H3,(H,27,28)(H,30,31). The van der Waals surface area contributed by atoms with Gasteiger partial charge in [0.25, 0.3) is 0 Å². The lowest BCUT2D eigenvalue weighted by Crippen LogP contribution is -2.35. The maximum absolute atomic E-state index is 12.1. The Bertz CT molecular complexity index is 964. The normalized spacial score (nSPS) is 12.2. The van der Waals surface area contributed by atoms with Crippen molar-refractivity contribution < 1.29 is 24.2 Å². The second kappa shape index (κ2) is 11.1. The number of nitrogens with one attached hydrogen (secondary N) is 1. The molecular weight excluding hydrogens is 452 g/mol. The Morgan fingerprint density at radius 1 is 1.00 bits per heavy atom. The molecular formula is C26H36N2O5S. The largest absolute Gasteiger partial charge is 0.488 e. The monoisotopic (exact) mass is 488 g/mol. The third kappa shape index (κ3) is 10.0. The average molecular weight is 489 g/mol. The van der Waals surface area contributed by atoms with Crippen molar-refractivity contribution in [2.75, 3.05) is 4.72 Å². The molecule has 0 amide bonds. The highest BCUT2D eigenvalue weighted by molar-refractivity contribution is 8.00.